The lowest BCUT2D eigenvalue weighted by Crippen LogP contribution is -2.21. The predicted molar refractivity (Wildman–Crippen MR) is 114 cm³/mol. The first-order valence-corrected chi connectivity index (χ1v) is 9.43. The van der Waals surface area contributed by atoms with E-state index in [1.165, 1.54) is 24.6 Å². The van der Waals surface area contributed by atoms with E-state index in [9.17, 15) is 14.7 Å². The minimum atomic E-state index is -0.841. The molecular formula is C24H23NO4. The highest BCUT2D eigenvalue weighted by Gasteiger charge is 2.15. The molecular weight excluding hydrogens is 366 g/mol. The molecule has 0 aliphatic rings. The lowest BCUT2D eigenvalue weighted by Gasteiger charge is -2.23. The molecule has 5 heteroatoms. The van der Waals surface area contributed by atoms with Crippen molar-refractivity contribution in [1.29, 1.82) is 0 Å². The van der Waals surface area contributed by atoms with E-state index in [1.807, 2.05) is 42.5 Å². The number of anilines is 1. The number of rotatable bonds is 7. The molecule has 2 aromatic carbocycles. The fourth-order valence-electron chi connectivity index (χ4n) is 3.06. The van der Waals surface area contributed by atoms with Crippen LogP contribution in [0.2, 0.25) is 0 Å². The maximum Gasteiger partial charge on any atom is 0.351 e. The van der Waals surface area contributed by atoms with Gasteiger partial charge >= 0.3 is 5.63 Å². The first-order valence-electron chi connectivity index (χ1n) is 9.43. The molecule has 0 amide bonds. The van der Waals surface area contributed by atoms with Crippen molar-refractivity contribution in [1.82, 2.24) is 0 Å². The standard InChI is InChI=1S/C24H23NO4/c1-3-25(16-19-7-5-4-6-8-19)20-12-9-18(10-13-20)11-14-21(26)23-22(27)15-17(2)29-24(23)28/h4-15,27H,3,16H2,1-2H3/b14-11+. The first kappa shape index (κ1) is 20.1. The van der Waals surface area contributed by atoms with Crippen molar-refractivity contribution < 1.29 is 14.3 Å². The zero-order chi connectivity index (χ0) is 20.8. The average Bonchev–Trinajstić information content (AvgIpc) is 2.71. The third kappa shape index (κ3) is 5.02. The van der Waals surface area contributed by atoms with Crippen LogP contribution in [0, 0.1) is 6.92 Å². The van der Waals surface area contributed by atoms with Gasteiger partial charge in [0.25, 0.3) is 0 Å². The van der Waals surface area contributed by atoms with Crippen LogP contribution in [0.3, 0.4) is 0 Å². The van der Waals surface area contributed by atoms with E-state index in [0.29, 0.717) is 0 Å². The summed E-state index contributed by atoms with van der Waals surface area (Å²) in [5.74, 6) is -0.720. The van der Waals surface area contributed by atoms with Crippen LogP contribution in [0.25, 0.3) is 6.08 Å². The SMILES string of the molecule is CCN(Cc1ccccc1)c1ccc(/C=C/C(=O)c2c(O)cc(C)oc2=O)cc1. The Morgan fingerprint density at radius 2 is 1.79 bits per heavy atom. The first-order chi connectivity index (χ1) is 14.0. The number of carbonyl (C=O) groups excluding carboxylic acids is 1. The summed E-state index contributed by atoms with van der Waals surface area (Å²) in [5, 5.41) is 9.87. The summed E-state index contributed by atoms with van der Waals surface area (Å²) in [6, 6.07) is 19.3. The second kappa shape index (κ2) is 9.06. The quantitative estimate of drug-likeness (QED) is 0.473. The Morgan fingerprint density at radius 1 is 1.10 bits per heavy atom. The van der Waals surface area contributed by atoms with Gasteiger partial charge in [-0.25, -0.2) is 4.79 Å². The van der Waals surface area contributed by atoms with Crippen molar-refractivity contribution in [2.75, 3.05) is 11.4 Å². The number of aromatic hydroxyl groups is 1. The summed E-state index contributed by atoms with van der Waals surface area (Å²) in [6.45, 7) is 5.32. The second-order valence-electron chi connectivity index (χ2n) is 6.69. The van der Waals surface area contributed by atoms with Gasteiger partial charge in [-0.2, -0.15) is 0 Å². The highest BCUT2D eigenvalue weighted by Crippen LogP contribution is 2.20. The molecule has 1 aromatic heterocycles. The molecule has 3 aromatic rings. The Kier molecular flexibility index (Phi) is 6.29. The van der Waals surface area contributed by atoms with Gasteiger partial charge in [0.05, 0.1) is 0 Å². The predicted octanol–water partition coefficient (Wildman–Crippen LogP) is 4.58. The minimum absolute atomic E-state index is 0.250. The molecule has 0 bridgehead atoms. The van der Waals surface area contributed by atoms with E-state index >= 15 is 0 Å². The van der Waals surface area contributed by atoms with Gasteiger partial charge in [0.15, 0.2) is 5.78 Å². The van der Waals surface area contributed by atoms with Crippen LogP contribution in [-0.4, -0.2) is 17.4 Å². The fraction of sp³-hybridized carbons (Fsp3) is 0.167. The number of hydrogen-bond acceptors (Lipinski definition) is 5. The van der Waals surface area contributed by atoms with Gasteiger partial charge in [-0.1, -0.05) is 48.5 Å². The van der Waals surface area contributed by atoms with Crippen LogP contribution in [0.5, 0.6) is 5.75 Å². The van der Waals surface area contributed by atoms with Gasteiger partial charge in [-0.15, -0.1) is 0 Å². The summed E-state index contributed by atoms with van der Waals surface area (Å²) >= 11 is 0. The maximum atomic E-state index is 12.3. The van der Waals surface area contributed by atoms with E-state index in [1.54, 1.807) is 6.08 Å². The molecule has 3 rings (SSSR count). The molecule has 29 heavy (non-hydrogen) atoms. The van der Waals surface area contributed by atoms with Crippen molar-refractivity contribution in [3.05, 3.63) is 99.6 Å². The normalized spacial score (nSPS) is 11.0. The van der Waals surface area contributed by atoms with Gasteiger partial charge in [0.2, 0.25) is 0 Å². The molecule has 0 aliphatic carbocycles. The summed E-state index contributed by atoms with van der Waals surface area (Å²) in [5.41, 5.74) is 1.93. The van der Waals surface area contributed by atoms with Gasteiger partial charge in [-0.3, -0.25) is 4.79 Å². The Balaban J connectivity index is 1.73. The summed E-state index contributed by atoms with van der Waals surface area (Å²) in [4.78, 5) is 26.4. The molecule has 148 valence electrons. The van der Waals surface area contributed by atoms with Gasteiger partial charge in [0.1, 0.15) is 17.1 Å². The largest absolute Gasteiger partial charge is 0.507 e. The lowest BCUT2D eigenvalue weighted by atomic mass is 10.1. The highest BCUT2D eigenvalue weighted by molar-refractivity contribution is 6.08. The van der Waals surface area contributed by atoms with Crippen molar-refractivity contribution >= 4 is 17.5 Å². The number of hydrogen-bond donors (Lipinski definition) is 1. The molecule has 0 radical (unpaired) electrons. The number of allylic oxidation sites excluding steroid dienone is 1. The molecule has 5 nitrogen and oxygen atoms in total. The number of carbonyl (C=O) groups is 1. The van der Waals surface area contributed by atoms with Gasteiger partial charge in [0, 0.05) is 24.8 Å². The average molecular weight is 389 g/mol. The molecule has 1 N–H and O–H groups in total. The minimum Gasteiger partial charge on any atom is -0.507 e. The molecule has 0 aliphatic heterocycles. The summed E-state index contributed by atoms with van der Waals surface area (Å²) in [6.07, 6.45) is 2.87. The van der Waals surface area contributed by atoms with E-state index in [-0.39, 0.29) is 17.1 Å². The molecule has 0 saturated heterocycles. The third-order valence-electron chi connectivity index (χ3n) is 4.58. The van der Waals surface area contributed by atoms with Crippen LogP contribution < -0.4 is 10.5 Å². The van der Waals surface area contributed by atoms with Crippen LogP contribution >= 0.6 is 0 Å². The lowest BCUT2D eigenvalue weighted by molar-refractivity contribution is 0.104. The van der Waals surface area contributed by atoms with Crippen LogP contribution in [0.4, 0.5) is 5.69 Å². The zero-order valence-corrected chi connectivity index (χ0v) is 16.5. The Labute approximate surface area is 169 Å². The fourth-order valence-corrected chi connectivity index (χ4v) is 3.06. The summed E-state index contributed by atoms with van der Waals surface area (Å²) in [7, 11) is 0. The topological polar surface area (TPSA) is 70.8 Å². The van der Waals surface area contributed by atoms with E-state index in [2.05, 4.69) is 24.0 Å². The van der Waals surface area contributed by atoms with Crippen molar-refractivity contribution in [2.45, 2.75) is 20.4 Å². The van der Waals surface area contributed by atoms with E-state index in [4.69, 9.17) is 4.42 Å². The van der Waals surface area contributed by atoms with Crippen molar-refractivity contribution in [3.63, 3.8) is 0 Å². The Hall–Kier alpha value is -3.60. The number of aryl methyl sites for hydroxylation is 1. The molecule has 0 fully saturated rings. The van der Waals surface area contributed by atoms with Gasteiger partial charge < -0.3 is 14.4 Å². The highest BCUT2D eigenvalue weighted by atomic mass is 16.4. The van der Waals surface area contributed by atoms with E-state index < -0.39 is 11.4 Å². The Bertz CT molecular complexity index is 1070. The number of benzene rings is 2. The molecule has 0 saturated carbocycles. The van der Waals surface area contributed by atoms with Crippen molar-refractivity contribution in [3.8, 4) is 5.75 Å². The van der Waals surface area contributed by atoms with Gasteiger partial charge in [-0.05, 0) is 43.2 Å². The van der Waals surface area contributed by atoms with Crippen LogP contribution in [-0.2, 0) is 6.54 Å². The second-order valence-corrected chi connectivity index (χ2v) is 6.69. The van der Waals surface area contributed by atoms with Crippen molar-refractivity contribution in [2.24, 2.45) is 0 Å². The molecule has 0 unspecified atom stereocenters. The number of ketones is 1. The van der Waals surface area contributed by atoms with Crippen LogP contribution in [0.1, 0.15) is 34.2 Å². The van der Waals surface area contributed by atoms with E-state index in [0.717, 1.165) is 24.3 Å². The Morgan fingerprint density at radius 3 is 2.41 bits per heavy atom. The third-order valence-corrected chi connectivity index (χ3v) is 4.58. The molecule has 1 heterocycles. The summed E-state index contributed by atoms with van der Waals surface area (Å²) < 4.78 is 4.89. The zero-order valence-electron chi connectivity index (χ0n) is 16.5. The molecule has 0 spiro atoms. The maximum absolute atomic E-state index is 12.3. The van der Waals surface area contributed by atoms with Crippen LogP contribution in [0.15, 0.2) is 76.0 Å². The monoisotopic (exact) mass is 389 g/mol. The molecule has 0 atom stereocenters. The number of nitrogens with zero attached hydrogens (tertiary/aromatic N) is 1. The smallest absolute Gasteiger partial charge is 0.351 e.